The summed E-state index contributed by atoms with van der Waals surface area (Å²) in [7, 11) is 0. The van der Waals surface area contributed by atoms with Crippen LogP contribution >= 0.6 is 0 Å². The maximum absolute atomic E-state index is 12.8. The molecular weight excluding hydrogens is 454 g/mol. The molecule has 2 aromatic carbocycles. The van der Waals surface area contributed by atoms with Crippen molar-refractivity contribution in [2.45, 2.75) is 59.2 Å². The molecule has 0 spiro atoms. The number of hydrogen-bond acceptors (Lipinski definition) is 7. The van der Waals surface area contributed by atoms with Gasteiger partial charge in [-0.3, -0.25) is 9.69 Å². The van der Waals surface area contributed by atoms with E-state index in [2.05, 4.69) is 25.4 Å². The number of benzene rings is 2. The van der Waals surface area contributed by atoms with Crippen LogP contribution in [-0.2, 0) is 29.9 Å². The second-order valence-electron chi connectivity index (χ2n) is 9.98. The second-order valence-corrected chi connectivity index (χ2v) is 9.98. The molecule has 1 amide bonds. The minimum atomic E-state index is -0.261. The van der Waals surface area contributed by atoms with Crippen LogP contribution in [0.4, 0.5) is 5.82 Å². The zero-order chi connectivity index (χ0) is 25.4. The fraction of sp³-hybridized carbons (Fsp3) is 0.333. The Morgan fingerprint density at radius 3 is 2.36 bits per heavy atom. The SMILES string of the molecule is Cc1nc(CO)nc2c1CCC(=O)N2Cc1ccc(-c2ccccc2-c2nnn(C(C)(C)C)n2)cc1. The molecule has 9 heteroatoms. The van der Waals surface area contributed by atoms with Crippen LogP contribution in [0.1, 0.15) is 49.8 Å². The topological polar surface area (TPSA) is 110 Å². The van der Waals surface area contributed by atoms with E-state index < -0.39 is 0 Å². The van der Waals surface area contributed by atoms with Gasteiger partial charge in [0.15, 0.2) is 5.82 Å². The Hall–Kier alpha value is -3.98. The average molecular weight is 484 g/mol. The van der Waals surface area contributed by atoms with E-state index >= 15 is 0 Å². The molecule has 1 aliphatic rings. The van der Waals surface area contributed by atoms with Crippen molar-refractivity contribution >= 4 is 11.7 Å². The number of aliphatic hydroxyl groups is 1. The van der Waals surface area contributed by atoms with E-state index in [9.17, 15) is 9.90 Å². The summed E-state index contributed by atoms with van der Waals surface area (Å²) in [6.07, 6.45) is 1.04. The molecule has 0 saturated heterocycles. The average Bonchev–Trinajstić information content (AvgIpc) is 3.37. The van der Waals surface area contributed by atoms with Crippen molar-refractivity contribution in [3.63, 3.8) is 0 Å². The fourth-order valence-electron chi connectivity index (χ4n) is 4.38. The number of amides is 1. The second kappa shape index (κ2) is 9.23. The van der Waals surface area contributed by atoms with Gasteiger partial charge < -0.3 is 5.11 Å². The van der Waals surface area contributed by atoms with Crippen LogP contribution in [0.15, 0.2) is 48.5 Å². The van der Waals surface area contributed by atoms with Gasteiger partial charge in [-0.1, -0.05) is 48.5 Å². The lowest BCUT2D eigenvalue weighted by molar-refractivity contribution is -0.119. The predicted molar refractivity (Wildman–Crippen MR) is 136 cm³/mol. The van der Waals surface area contributed by atoms with E-state index in [0.717, 1.165) is 33.5 Å². The van der Waals surface area contributed by atoms with Gasteiger partial charge in [-0.25, -0.2) is 9.97 Å². The highest BCUT2D eigenvalue weighted by molar-refractivity contribution is 5.95. The lowest BCUT2D eigenvalue weighted by atomic mass is 9.98. The highest BCUT2D eigenvalue weighted by Gasteiger charge is 2.28. The number of hydrogen-bond donors (Lipinski definition) is 1. The van der Waals surface area contributed by atoms with Crippen molar-refractivity contribution in [3.8, 4) is 22.5 Å². The van der Waals surface area contributed by atoms with Gasteiger partial charge in [-0.2, -0.15) is 4.80 Å². The summed E-state index contributed by atoms with van der Waals surface area (Å²) >= 11 is 0. The van der Waals surface area contributed by atoms with Crippen LogP contribution in [0.2, 0.25) is 0 Å². The summed E-state index contributed by atoms with van der Waals surface area (Å²) in [5.41, 5.74) is 5.44. The predicted octanol–water partition coefficient (Wildman–Crippen LogP) is 3.83. The van der Waals surface area contributed by atoms with E-state index in [0.29, 0.717) is 36.9 Å². The Kier molecular flexibility index (Phi) is 6.09. The third-order valence-corrected chi connectivity index (χ3v) is 6.31. The third kappa shape index (κ3) is 4.49. The summed E-state index contributed by atoms with van der Waals surface area (Å²) in [6, 6.07) is 16.1. The van der Waals surface area contributed by atoms with Crippen molar-refractivity contribution in [2.75, 3.05) is 4.90 Å². The van der Waals surface area contributed by atoms with Crippen LogP contribution in [0.25, 0.3) is 22.5 Å². The van der Waals surface area contributed by atoms with Crippen LogP contribution < -0.4 is 4.90 Å². The lowest BCUT2D eigenvalue weighted by Gasteiger charge is -2.29. The van der Waals surface area contributed by atoms with Crippen LogP contribution in [0.5, 0.6) is 0 Å². The molecule has 0 unspecified atom stereocenters. The fourth-order valence-corrected chi connectivity index (χ4v) is 4.38. The van der Waals surface area contributed by atoms with Crippen molar-refractivity contribution in [2.24, 2.45) is 0 Å². The van der Waals surface area contributed by atoms with Gasteiger partial charge in [0.2, 0.25) is 11.7 Å². The van der Waals surface area contributed by atoms with Crippen molar-refractivity contribution in [1.29, 1.82) is 0 Å². The maximum atomic E-state index is 12.8. The van der Waals surface area contributed by atoms with Crippen molar-refractivity contribution in [1.82, 2.24) is 30.2 Å². The van der Waals surface area contributed by atoms with Gasteiger partial charge >= 0.3 is 0 Å². The number of aliphatic hydroxyl groups excluding tert-OH is 1. The molecule has 9 nitrogen and oxygen atoms in total. The number of anilines is 1. The number of aryl methyl sites for hydroxylation is 1. The number of tetrazole rings is 1. The summed E-state index contributed by atoms with van der Waals surface area (Å²) in [5, 5.41) is 22.7. The summed E-state index contributed by atoms with van der Waals surface area (Å²) in [5.74, 6) is 1.53. The molecule has 36 heavy (non-hydrogen) atoms. The first kappa shape index (κ1) is 23.7. The smallest absolute Gasteiger partial charge is 0.228 e. The van der Waals surface area contributed by atoms with E-state index in [1.807, 2.05) is 76.2 Å². The van der Waals surface area contributed by atoms with Crippen molar-refractivity contribution in [3.05, 3.63) is 71.2 Å². The molecule has 1 N–H and O–H groups in total. The van der Waals surface area contributed by atoms with Gasteiger partial charge in [0.1, 0.15) is 12.4 Å². The molecule has 0 aliphatic carbocycles. The monoisotopic (exact) mass is 483 g/mol. The molecule has 0 atom stereocenters. The molecule has 4 aromatic rings. The van der Waals surface area contributed by atoms with Crippen LogP contribution in [0.3, 0.4) is 0 Å². The molecule has 0 bridgehead atoms. The molecule has 2 aromatic heterocycles. The Bertz CT molecular complexity index is 1420. The molecule has 184 valence electrons. The van der Waals surface area contributed by atoms with Crippen LogP contribution in [0, 0.1) is 6.92 Å². The Balaban J connectivity index is 1.44. The van der Waals surface area contributed by atoms with Gasteiger partial charge in [-0.05, 0) is 56.0 Å². The number of fused-ring (bicyclic) bond motifs is 1. The first-order valence-corrected chi connectivity index (χ1v) is 12.0. The molecule has 1 aliphatic heterocycles. The Labute approximate surface area is 209 Å². The molecule has 0 fully saturated rings. The lowest BCUT2D eigenvalue weighted by Crippen LogP contribution is -2.36. The standard InChI is InChI=1S/C27H29N7O2/c1-17-20-13-14-24(36)33(26(20)29-23(16-35)28-17)15-18-9-11-19(12-10-18)21-7-5-6-8-22(21)25-30-32-34(31-25)27(2,3)4/h5-12,35H,13-16H2,1-4H3. The zero-order valence-corrected chi connectivity index (χ0v) is 20.9. The van der Waals surface area contributed by atoms with Crippen molar-refractivity contribution < 1.29 is 9.90 Å². The maximum Gasteiger partial charge on any atom is 0.228 e. The van der Waals surface area contributed by atoms with E-state index in [4.69, 9.17) is 0 Å². The summed E-state index contributed by atoms with van der Waals surface area (Å²) < 4.78 is 0. The van der Waals surface area contributed by atoms with E-state index in [-0.39, 0.29) is 18.1 Å². The molecule has 0 saturated carbocycles. The Morgan fingerprint density at radius 2 is 1.69 bits per heavy atom. The number of carbonyl (C=O) groups is 1. The largest absolute Gasteiger partial charge is 0.388 e. The molecule has 0 radical (unpaired) electrons. The minimum Gasteiger partial charge on any atom is -0.388 e. The normalized spacial score (nSPS) is 13.7. The molecule has 3 heterocycles. The summed E-state index contributed by atoms with van der Waals surface area (Å²) in [4.78, 5) is 25.0. The number of rotatable bonds is 5. The van der Waals surface area contributed by atoms with E-state index in [1.54, 1.807) is 9.70 Å². The number of aromatic nitrogens is 6. The van der Waals surface area contributed by atoms with Gasteiger partial charge in [0.25, 0.3) is 0 Å². The third-order valence-electron chi connectivity index (χ3n) is 6.31. The number of nitrogens with zero attached hydrogens (tertiary/aromatic N) is 7. The molecular formula is C27H29N7O2. The number of carbonyl (C=O) groups excluding carboxylic acids is 1. The minimum absolute atomic E-state index is 0.0203. The highest BCUT2D eigenvalue weighted by atomic mass is 16.3. The first-order chi connectivity index (χ1) is 17.2. The Morgan fingerprint density at radius 1 is 0.972 bits per heavy atom. The zero-order valence-electron chi connectivity index (χ0n) is 20.9. The van der Waals surface area contributed by atoms with Gasteiger partial charge in [0, 0.05) is 23.2 Å². The first-order valence-electron chi connectivity index (χ1n) is 12.0. The van der Waals surface area contributed by atoms with Gasteiger partial charge in [0.05, 0.1) is 12.1 Å². The van der Waals surface area contributed by atoms with Crippen LogP contribution in [-0.4, -0.2) is 41.2 Å². The van der Waals surface area contributed by atoms with Gasteiger partial charge in [-0.15, -0.1) is 10.2 Å². The highest BCUT2D eigenvalue weighted by Crippen LogP contribution is 2.32. The quantitative estimate of drug-likeness (QED) is 0.459. The van der Waals surface area contributed by atoms with E-state index in [1.165, 1.54) is 0 Å². The summed E-state index contributed by atoms with van der Waals surface area (Å²) in [6.45, 7) is 8.14. The molecule has 5 rings (SSSR count).